The number of hydrogen-bond acceptors (Lipinski definition) is 4. The third kappa shape index (κ3) is 5.05. The Balaban J connectivity index is 1.96. The number of amides is 1. The van der Waals surface area contributed by atoms with E-state index in [-0.39, 0.29) is 11.3 Å². The number of hydrogen-bond donors (Lipinski definition) is 2. The normalized spacial score (nSPS) is 11.2. The van der Waals surface area contributed by atoms with Gasteiger partial charge in [0.1, 0.15) is 11.5 Å². The smallest absolute Gasteiger partial charge is 0.275 e. The Labute approximate surface area is 143 Å². The number of benzene rings is 1. The summed E-state index contributed by atoms with van der Waals surface area (Å²) >= 11 is 0. The summed E-state index contributed by atoms with van der Waals surface area (Å²) in [5.74, 6) is 0.431. The molecule has 0 fully saturated rings. The molecule has 5 heteroatoms. The molecule has 0 bridgehead atoms. The lowest BCUT2D eigenvalue weighted by Gasteiger charge is -2.19. The van der Waals surface area contributed by atoms with Gasteiger partial charge in [0.25, 0.3) is 5.91 Å². The van der Waals surface area contributed by atoms with Crippen molar-refractivity contribution < 1.29 is 4.79 Å². The minimum atomic E-state index is -0.258. The number of nitrogens with zero attached hydrogens (tertiary/aromatic N) is 2. The standard InChI is InChI=1S/C19H26N4O/c1-5-6-11-20-17-13-21-16(12-22-17)18(24)23-15-9-7-14(8-10-15)19(2,3)4/h7-10,12-13H,5-6,11H2,1-4H3,(H,20,22)(H,23,24). The molecular weight excluding hydrogens is 300 g/mol. The van der Waals surface area contributed by atoms with Crippen molar-refractivity contribution in [2.24, 2.45) is 0 Å². The van der Waals surface area contributed by atoms with Gasteiger partial charge in [-0.05, 0) is 29.5 Å². The van der Waals surface area contributed by atoms with Gasteiger partial charge in [-0.15, -0.1) is 0 Å². The minimum Gasteiger partial charge on any atom is -0.369 e. The maximum Gasteiger partial charge on any atom is 0.275 e. The highest BCUT2D eigenvalue weighted by atomic mass is 16.1. The summed E-state index contributed by atoms with van der Waals surface area (Å²) < 4.78 is 0. The van der Waals surface area contributed by atoms with Crippen molar-refractivity contribution >= 4 is 17.4 Å². The molecule has 5 nitrogen and oxygen atoms in total. The van der Waals surface area contributed by atoms with Gasteiger partial charge in [-0.25, -0.2) is 9.97 Å². The zero-order valence-corrected chi connectivity index (χ0v) is 14.9. The predicted molar refractivity (Wildman–Crippen MR) is 98.5 cm³/mol. The lowest BCUT2D eigenvalue weighted by molar-refractivity contribution is 0.102. The van der Waals surface area contributed by atoms with Gasteiger partial charge in [0.15, 0.2) is 0 Å². The van der Waals surface area contributed by atoms with E-state index in [0.717, 1.165) is 25.1 Å². The van der Waals surface area contributed by atoms with Crippen LogP contribution in [0.3, 0.4) is 0 Å². The van der Waals surface area contributed by atoms with E-state index in [2.05, 4.69) is 48.3 Å². The fourth-order valence-electron chi connectivity index (χ4n) is 2.18. The van der Waals surface area contributed by atoms with E-state index in [1.807, 2.05) is 24.3 Å². The van der Waals surface area contributed by atoms with Gasteiger partial charge in [0.05, 0.1) is 12.4 Å². The van der Waals surface area contributed by atoms with Gasteiger partial charge in [0.2, 0.25) is 0 Å². The monoisotopic (exact) mass is 326 g/mol. The fourth-order valence-corrected chi connectivity index (χ4v) is 2.18. The molecule has 0 aliphatic heterocycles. The van der Waals surface area contributed by atoms with Crippen LogP contribution >= 0.6 is 0 Å². The summed E-state index contributed by atoms with van der Waals surface area (Å²) in [6.45, 7) is 9.47. The van der Waals surface area contributed by atoms with Crippen molar-refractivity contribution in [3.8, 4) is 0 Å². The topological polar surface area (TPSA) is 66.9 Å². The molecule has 0 saturated heterocycles. The van der Waals surface area contributed by atoms with Crippen LogP contribution in [-0.2, 0) is 5.41 Å². The van der Waals surface area contributed by atoms with Crippen molar-refractivity contribution in [1.82, 2.24) is 9.97 Å². The molecule has 0 aliphatic carbocycles. The molecule has 0 spiro atoms. The first kappa shape index (κ1) is 17.9. The van der Waals surface area contributed by atoms with E-state index in [9.17, 15) is 4.79 Å². The highest BCUT2D eigenvalue weighted by molar-refractivity contribution is 6.02. The van der Waals surface area contributed by atoms with Crippen LogP contribution in [0.2, 0.25) is 0 Å². The largest absolute Gasteiger partial charge is 0.369 e. The molecule has 24 heavy (non-hydrogen) atoms. The van der Waals surface area contributed by atoms with Gasteiger partial charge < -0.3 is 10.6 Å². The summed E-state index contributed by atoms with van der Waals surface area (Å²) in [5, 5.41) is 6.02. The van der Waals surface area contributed by atoms with Crippen molar-refractivity contribution in [2.75, 3.05) is 17.2 Å². The van der Waals surface area contributed by atoms with E-state index < -0.39 is 0 Å². The van der Waals surface area contributed by atoms with Gasteiger partial charge in [0, 0.05) is 12.2 Å². The van der Waals surface area contributed by atoms with Crippen LogP contribution in [0.1, 0.15) is 56.6 Å². The Morgan fingerprint density at radius 2 is 1.79 bits per heavy atom. The number of carbonyl (C=O) groups is 1. The zero-order chi connectivity index (χ0) is 17.6. The van der Waals surface area contributed by atoms with Crippen LogP contribution in [-0.4, -0.2) is 22.4 Å². The third-order valence-corrected chi connectivity index (χ3v) is 3.73. The molecule has 2 rings (SSSR count). The molecule has 1 aromatic heterocycles. The molecule has 2 aromatic rings. The summed E-state index contributed by atoms with van der Waals surface area (Å²) in [6.07, 6.45) is 5.28. The van der Waals surface area contributed by atoms with Crippen molar-refractivity contribution in [1.29, 1.82) is 0 Å². The van der Waals surface area contributed by atoms with Crippen molar-refractivity contribution in [3.05, 3.63) is 47.9 Å². The quantitative estimate of drug-likeness (QED) is 0.779. The summed E-state index contributed by atoms with van der Waals surface area (Å²) in [6, 6.07) is 7.88. The Morgan fingerprint density at radius 1 is 1.08 bits per heavy atom. The Morgan fingerprint density at radius 3 is 2.33 bits per heavy atom. The second kappa shape index (κ2) is 7.90. The van der Waals surface area contributed by atoms with E-state index in [0.29, 0.717) is 11.5 Å². The van der Waals surface area contributed by atoms with E-state index in [1.165, 1.54) is 11.8 Å². The molecule has 0 atom stereocenters. The molecule has 0 unspecified atom stereocenters. The van der Waals surface area contributed by atoms with Crippen molar-refractivity contribution in [3.63, 3.8) is 0 Å². The van der Waals surface area contributed by atoms with Gasteiger partial charge in [-0.2, -0.15) is 0 Å². The molecule has 0 aliphatic rings. The Hall–Kier alpha value is -2.43. The number of unbranched alkanes of at least 4 members (excludes halogenated alkanes) is 1. The first-order chi connectivity index (χ1) is 11.4. The van der Waals surface area contributed by atoms with Crippen LogP contribution < -0.4 is 10.6 Å². The first-order valence-electron chi connectivity index (χ1n) is 8.38. The Bertz CT molecular complexity index is 657. The van der Waals surface area contributed by atoms with E-state index >= 15 is 0 Å². The first-order valence-corrected chi connectivity index (χ1v) is 8.38. The summed E-state index contributed by atoms with van der Waals surface area (Å²) in [5.41, 5.74) is 2.37. The van der Waals surface area contributed by atoms with Gasteiger partial charge in [-0.3, -0.25) is 4.79 Å². The van der Waals surface area contributed by atoms with Crippen LogP contribution in [0.5, 0.6) is 0 Å². The van der Waals surface area contributed by atoms with E-state index in [1.54, 1.807) is 6.20 Å². The molecule has 2 N–H and O–H groups in total. The predicted octanol–water partition coefficient (Wildman–Crippen LogP) is 4.24. The van der Waals surface area contributed by atoms with Crippen LogP contribution in [0, 0.1) is 0 Å². The number of rotatable bonds is 6. The van der Waals surface area contributed by atoms with Crippen LogP contribution in [0.4, 0.5) is 11.5 Å². The SMILES string of the molecule is CCCCNc1cnc(C(=O)Nc2ccc(C(C)(C)C)cc2)cn1. The number of aromatic nitrogens is 2. The summed E-state index contributed by atoms with van der Waals surface area (Å²) in [7, 11) is 0. The average molecular weight is 326 g/mol. The van der Waals surface area contributed by atoms with Crippen LogP contribution in [0.15, 0.2) is 36.7 Å². The highest BCUT2D eigenvalue weighted by Gasteiger charge is 2.14. The fraction of sp³-hybridized carbons (Fsp3) is 0.421. The summed E-state index contributed by atoms with van der Waals surface area (Å²) in [4.78, 5) is 20.6. The third-order valence-electron chi connectivity index (χ3n) is 3.73. The average Bonchev–Trinajstić information content (AvgIpc) is 2.55. The second-order valence-electron chi connectivity index (χ2n) is 6.85. The number of anilines is 2. The van der Waals surface area contributed by atoms with Crippen molar-refractivity contribution in [2.45, 2.75) is 46.0 Å². The minimum absolute atomic E-state index is 0.0919. The Kier molecular flexibility index (Phi) is 5.90. The molecule has 0 saturated carbocycles. The second-order valence-corrected chi connectivity index (χ2v) is 6.85. The zero-order valence-electron chi connectivity index (χ0n) is 14.9. The van der Waals surface area contributed by atoms with Crippen LogP contribution in [0.25, 0.3) is 0 Å². The maximum absolute atomic E-state index is 12.2. The molecule has 128 valence electrons. The lowest BCUT2D eigenvalue weighted by Crippen LogP contribution is -2.15. The van der Waals surface area contributed by atoms with Gasteiger partial charge in [-0.1, -0.05) is 46.2 Å². The number of carbonyl (C=O) groups excluding carboxylic acids is 1. The van der Waals surface area contributed by atoms with Gasteiger partial charge >= 0.3 is 0 Å². The lowest BCUT2D eigenvalue weighted by atomic mass is 9.87. The molecule has 1 heterocycles. The maximum atomic E-state index is 12.2. The molecular formula is C19H26N4O. The number of nitrogens with one attached hydrogen (secondary N) is 2. The molecule has 1 aromatic carbocycles. The molecule has 0 radical (unpaired) electrons. The highest BCUT2D eigenvalue weighted by Crippen LogP contribution is 2.23. The molecule has 1 amide bonds. The van der Waals surface area contributed by atoms with E-state index in [4.69, 9.17) is 0 Å².